The number of ether oxygens (including phenoxy) is 2. The topological polar surface area (TPSA) is 42.5 Å². The van der Waals surface area contributed by atoms with Crippen LogP contribution >= 0.6 is 0 Å². The highest BCUT2D eigenvalue weighted by Gasteiger charge is 2.22. The van der Waals surface area contributed by atoms with Gasteiger partial charge in [0.05, 0.1) is 14.2 Å². The summed E-state index contributed by atoms with van der Waals surface area (Å²) in [4.78, 5) is 0. The summed E-state index contributed by atoms with van der Waals surface area (Å²) in [6, 6.07) is 6.84. The van der Waals surface area contributed by atoms with Crippen molar-refractivity contribution in [2.75, 3.05) is 27.8 Å². The number of benzene rings is 1. The van der Waals surface area contributed by atoms with Crippen LogP contribution in [0.5, 0.6) is 11.5 Å². The minimum absolute atomic E-state index is 0.278. The van der Waals surface area contributed by atoms with Crippen LogP contribution in [-0.2, 0) is 0 Å². The van der Waals surface area contributed by atoms with Crippen LogP contribution in [0.25, 0.3) is 0 Å². The molecule has 0 radical (unpaired) electrons. The molecule has 1 aromatic rings. The van der Waals surface area contributed by atoms with Crippen LogP contribution in [0.1, 0.15) is 30.9 Å². The molecule has 0 bridgehead atoms. The molecule has 4 nitrogen and oxygen atoms in total. The van der Waals surface area contributed by atoms with Crippen molar-refractivity contribution in [3.05, 3.63) is 23.8 Å². The molecule has 1 aromatic carbocycles. The largest absolute Gasteiger partial charge is 0.497 e. The number of hydrogen-bond acceptors (Lipinski definition) is 4. The molecule has 2 atom stereocenters. The fourth-order valence-corrected chi connectivity index (χ4v) is 2.75. The summed E-state index contributed by atoms with van der Waals surface area (Å²) in [5.74, 6) is 1.79. The minimum Gasteiger partial charge on any atom is -0.497 e. The van der Waals surface area contributed by atoms with Gasteiger partial charge in [-0.05, 0) is 51.1 Å². The Bertz CT molecular complexity index is 403. The first kappa shape index (κ1) is 14.2. The second-order valence-corrected chi connectivity index (χ2v) is 4.98. The highest BCUT2D eigenvalue weighted by atomic mass is 16.5. The zero-order valence-electron chi connectivity index (χ0n) is 12.0. The third kappa shape index (κ3) is 3.39. The molecule has 2 N–H and O–H groups in total. The Kier molecular flexibility index (Phi) is 5.05. The van der Waals surface area contributed by atoms with Gasteiger partial charge in [0.1, 0.15) is 11.5 Å². The van der Waals surface area contributed by atoms with E-state index in [0.717, 1.165) is 30.0 Å². The van der Waals surface area contributed by atoms with E-state index in [-0.39, 0.29) is 6.04 Å². The van der Waals surface area contributed by atoms with Gasteiger partial charge < -0.3 is 20.1 Å². The van der Waals surface area contributed by atoms with Crippen molar-refractivity contribution in [2.24, 2.45) is 0 Å². The van der Waals surface area contributed by atoms with E-state index >= 15 is 0 Å². The predicted molar refractivity (Wildman–Crippen MR) is 77.0 cm³/mol. The monoisotopic (exact) mass is 264 g/mol. The van der Waals surface area contributed by atoms with E-state index in [1.807, 2.05) is 19.2 Å². The average molecular weight is 264 g/mol. The SMILES string of the molecule is CNC(CC1CCCN1)c1cc(OC)ccc1OC. The van der Waals surface area contributed by atoms with E-state index in [4.69, 9.17) is 9.47 Å². The van der Waals surface area contributed by atoms with Crippen molar-refractivity contribution in [1.82, 2.24) is 10.6 Å². The molecule has 2 unspecified atom stereocenters. The van der Waals surface area contributed by atoms with E-state index in [9.17, 15) is 0 Å². The smallest absolute Gasteiger partial charge is 0.123 e. The Morgan fingerprint density at radius 3 is 2.79 bits per heavy atom. The number of hydrogen-bond donors (Lipinski definition) is 2. The first-order valence-corrected chi connectivity index (χ1v) is 6.91. The molecular formula is C15H24N2O2. The Morgan fingerprint density at radius 1 is 1.37 bits per heavy atom. The van der Waals surface area contributed by atoms with Crippen molar-refractivity contribution in [3.63, 3.8) is 0 Å². The van der Waals surface area contributed by atoms with Gasteiger partial charge in [-0.2, -0.15) is 0 Å². The zero-order chi connectivity index (χ0) is 13.7. The number of nitrogens with one attached hydrogen (secondary N) is 2. The summed E-state index contributed by atoms with van der Waals surface area (Å²) in [7, 11) is 5.41. The first-order chi connectivity index (χ1) is 9.28. The number of rotatable bonds is 6. The Labute approximate surface area is 115 Å². The van der Waals surface area contributed by atoms with E-state index in [2.05, 4.69) is 16.7 Å². The summed E-state index contributed by atoms with van der Waals surface area (Å²) in [5.41, 5.74) is 1.16. The highest BCUT2D eigenvalue weighted by molar-refractivity contribution is 5.42. The molecule has 0 aliphatic carbocycles. The van der Waals surface area contributed by atoms with Crippen LogP contribution in [0.3, 0.4) is 0 Å². The van der Waals surface area contributed by atoms with Crippen molar-refractivity contribution in [3.8, 4) is 11.5 Å². The third-order valence-electron chi connectivity index (χ3n) is 3.84. The molecule has 1 fully saturated rings. The molecule has 0 spiro atoms. The zero-order valence-corrected chi connectivity index (χ0v) is 12.0. The molecule has 0 saturated carbocycles. The van der Waals surface area contributed by atoms with Crippen LogP contribution in [0, 0.1) is 0 Å². The normalized spacial score (nSPS) is 20.3. The standard InChI is InChI=1S/C15H24N2O2/c1-16-14(9-11-5-4-8-17-11)13-10-12(18-2)6-7-15(13)19-3/h6-7,10-11,14,16-17H,4-5,8-9H2,1-3H3. The van der Waals surface area contributed by atoms with Gasteiger partial charge >= 0.3 is 0 Å². The molecule has 1 heterocycles. The fourth-order valence-electron chi connectivity index (χ4n) is 2.75. The summed E-state index contributed by atoms with van der Waals surface area (Å²) >= 11 is 0. The van der Waals surface area contributed by atoms with Gasteiger partial charge in [-0.1, -0.05) is 0 Å². The lowest BCUT2D eigenvalue weighted by Gasteiger charge is -2.23. The average Bonchev–Trinajstić information content (AvgIpc) is 2.97. The van der Waals surface area contributed by atoms with Gasteiger partial charge in [0.25, 0.3) is 0 Å². The maximum atomic E-state index is 5.48. The van der Waals surface area contributed by atoms with Crippen molar-refractivity contribution in [1.29, 1.82) is 0 Å². The maximum absolute atomic E-state index is 5.48. The summed E-state index contributed by atoms with van der Waals surface area (Å²) < 4.78 is 10.8. The molecule has 1 saturated heterocycles. The quantitative estimate of drug-likeness (QED) is 0.826. The van der Waals surface area contributed by atoms with Crippen LogP contribution < -0.4 is 20.1 Å². The molecule has 0 aromatic heterocycles. The molecule has 2 rings (SSSR count). The molecule has 106 valence electrons. The van der Waals surface area contributed by atoms with E-state index in [1.54, 1.807) is 14.2 Å². The minimum atomic E-state index is 0.278. The highest BCUT2D eigenvalue weighted by Crippen LogP contribution is 2.32. The van der Waals surface area contributed by atoms with Crippen LogP contribution in [-0.4, -0.2) is 33.9 Å². The van der Waals surface area contributed by atoms with Crippen molar-refractivity contribution >= 4 is 0 Å². The van der Waals surface area contributed by atoms with Gasteiger partial charge in [0, 0.05) is 17.6 Å². The van der Waals surface area contributed by atoms with Crippen molar-refractivity contribution in [2.45, 2.75) is 31.3 Å². The van der Waals surface area contributed by atoms with Crippen molar-refractivity contribution < 1.29 is 9.47 Å². The second-order valence-electron chi connectivity index (χ2n) is 4.98. The molecule has 0 amide bonds. The van der Waals surface area contributed by atoms with Gasteiger partial charge in [-0.15, -0.1) is 0 Å². The Balaban J connectivity index is 2.19. The first-order valence-electron chi connectivity index (χ1n) is 6.91. The summed E-state index contributed by atoms with van der Waals surface area (Å²) in [5, 5.41) is 6.94. The van der Waals surface area contributed by atoms with Crippen LogP contribution in [0.4, 0.5) is 0 Å². The third-order valence-corrected chi connectivity index (χ3v) is 3.84. The van der Waals surface area contributed by atoms with E-state index < -0.39 is 0 Å². The van der Waals surface area contributed by atoms with Crippen LogP contribution in [0.2, 0.25) is 0 Å². The lowest BCUT2D eigenvalue weighted by atomic mass is 9.97. The lowest BCUT2D eigenvalue weighted by Crippen LogP contribution is -2.28. The van der Waals surface area contributed by atoms with E-state index in [1.165, 1.54) is 12.8 Å². The summed E-state index contributed by atoms with van der Waals surface area (Å²) in [6.45, 7) is 1.14. The molecule has 1 aliphatic rings. The van der Waals surface area contributed by atoms with Gasteiger partial charge in [-0.25, -0.2) is 0 Å². The Morgan fingerprint density at radius 2 is 2.21 bits per heavy atom. The summed E-state index contributed by atoms with van der Waals surface area (Å²) in [6.07, 6.45) is 3.60. The molecule has 1 aliphatic heterocycles. The maximum Gasteiger partial charge on any atom is 0.123 e. The fraction of sp³-hybridized carbons (Fsp3) is 0.600. The predicted octanol–water partition coefficient (Wildman–Crippen LogP) is 2.11. The molecule has 4 heteroatoms. The van der Waals surface area contributed by atoms with Crippen LogP contribution in [0.15, 0.2) is 18.2 Å². The van der Waals surface area contributed by atoms with Gasteiger partial charge in [0.2, 0.25) is 0 Å². The molecular weight excluding hydrogens is 240 g/mol. The van der Waals surface area contributed by atoms with Gasteiger partial charge in [0.15, 0.2) is 0 Å². The van der Waals surface area contributed by atoms with E-state index in [0.29, 0.717) is 6.04 Å². The molecule has 19 heavy (non-hydrogen) atoms. The lowest BCUT2D eigenvalue weighted by molar-refractivity contribution is 0.381. The Hall–Kier alpha value is -1.26. The number of methoxy groups -OCH3 is 2. The second kappa shape index (κ2) is 6.78. The van der Waals surface area contributed by atoms with Gasteiger partial charge in [-0.3, -0.25) is 0 Å².